The van der Waals surface area contributed by atoms with Gasteiger partial charge in [0.25, 0.3) is 0 Å². The predicted octanol–water partition coefficient (Wildman–Crippen LogP) is 0.713. The largest absolute Gasteiger partial charge is 0.481 e. The summed E-state index contributed by atoms with van der Waals surface area (Å²) in [6.07, 6.45) is 3.29. The summed E-state index contributed by atoms with van der Waals surface area (Å²) < 4.78 is 6.17. The Hall–Kier alpha value is -1.85. The Kier molecular flexibility index (Phi) is 2.65. The molecule has 2 rings (SSSR count). The lowest BCUT2D eigenvalue weighted by molar-refractivity contribution is -0.137. The van der Waals surface area contributed by atoms with Gasteiger partial charge in [-0.1, -0.05) is 0 Å². The molecule has 0 unspecified atom stereocenters. The highest BCUT2D eigenvalue weighted by Crippen LogP contribution is 2.52. The average Bonchev–Trinajstić information content (AvgIpc) is 2.91. The smallest absolute Gasteiger partial charge is 0.358 e. The van der Waals surface area contributed by atoms with Gasteiger partial charge in [0.15, 0.2) is 5.69 Å². The monoisotopic (exact) mass is 238 g/mol. The number of carbonyl (C=O) groups is 2. The van der Waals surface area contributed by atoms with Crippen LogP contribution in [0.15, 0.2) is 6.20 Å². The van der Waals surface area contributed by atoms with Crippen LogP contribution in [0, 0.1) is 0 Å². The topological polar surface area (TPSA) is 81.4 Å². The van der Waals surface area contributed by atoms with Crippen molar-refractivity contribution in [3.63, 3.8) is 0 Å². The summed E-state index contributed by atoms with van der Waals surface area (Å²) in [5.41, 5.74) is 0.492. The second-order valence-corrected chi connectivity index (χ2v) is 4.41. The van der Waals surface area contributed by atoms with Crippen molar-refractivity contribution in [2.75, 3.05) is 7.11 Å². The molecule has 17 heavy (non-hydrogen) atoms. The van der Waals surface area contributed by atoms with Crippen molar-refractivity contribution in [1.82, 2.24) is 9.78 Å². The summed E-state index contributed by atoms with van der Waals surface area (Å²) in [5.74, 6) is -1.38. The number of methoxy groups -OCH3 is 1. The Bertz CT molecular complexity index is 474. The van der Waals surface area contributed by atoms with Crippen LogP contribution >= 0.6 is 0 Å². The van der Waals surface area contributed by atoms with Gasteiger partial charge in [0.2, 0.25) is 0 Å². The molecule has 0 spiro atoms. The standard InChI is InChI=1S/C11H14N2O4/c1-13-6-7(9(12-13)10(16)17-2)11(3-4-11)5-8(14)15/h6H,3-5H2,1-2H3,(H,14,15). The third-order valence-electron chi connectivity index (χ3n) is 3.12. The van der Waals surface area contributed by atoms with Crippen molar-refractivity contribution < 1.29 is 19.4 Å². The average molecular weight is 238 g/mol. The molecule has 1 aliphatic rings. The number of carboxylic acid groups (broad SMARTS) is 1. The maximum atomic E-state index is 11.6. The zero-order chi connectivity index (χ0) is 12.6. The molecule has 1 N–H and O–H groups in total. The Balaban J connectivity index is 2.38. The van der Waals surface area contributed by atoms with Crippen LogP contribution in [0.1, 0.15) is 35.3 Å². The Labute approximate surface area is 98.2 Å². The van der Waals surface area contributed by atoms with E-state index in [-0.39, 0.29) is 12.1 Å². The fraction of sp³-hybridized carbons (Fsp3) is 0.545. The molecule has 1 fully saturated rings. The van der Waals surface area contributed by atoms with Crippen molar-refractivity contribution in [1.29, 1.82) is 0 Å². The molecule has 6 heteroatoms. The van der Waals surface area contributed by atoms with Crippen LogP contribution in [0.5, 0.6) is 0 Å². The number of carbonyl (C=O) groups excluding carboxylic acids is 1. The first-order valence-corrected chi connectivity index (χ1v) is 5.33. The highest BCUT2D eigenvalue weighted by atomic mass is 16.5. The van der Waals surface area contributed by atoms with Crippen molar-refractivity contribution in [3.8, 4) is 0 Å². The van der Waals surface area contributed by atoms with Crippen molar-refractivity contribution in [2.45, 2.75) is 24.7 Å². The number of carboxylic acids is 1. The van der Waals surface area contributed by atoms with Crippen LogP contribution in [-0.2, 0) is 22.0 Å². The Morgan fingerprint density at radius 3 is 2.71 bits per heavy atom. The lowest BCUT2D eigenvalue weighted by atomic mass is 9.93. The third-order valence-corrected chi connectivity index (χ3v) is 3.12. The fourth-order valence-electron chi connectivity index (χ4n) is 2.11. The highest BCUT2D eigenvalue weighted by Gasteiger charge is 2.49. The van der Waals surface area contributed by atoms with Gasteiger partial charge >= 0.3 is 11.9 Å². The van der Waals surface area contributed by atoms with Gasteiger partial charge in [0.1, 0.15) is 0 Å². The number of rotatable bonds is 4. The summed E-state index contributed by atoms with van der Waals surface area (Å²) >= 11 is 0. The molecule has 92 valence electrons. The number of aromatic nitrogens is 2. The van der Waals surface area contributed by atoms with Crippen LogP contribution in [-0.4, -0.2) is 33.9 Å². The number of aliphatic carboxylic acids is 1. The van der Waals surface area contributed by atoms with E-state index in [0.717, 1.165) is 12.8 Å². The van der Waals surface area contributed by atoms with E-state index in [1.54, 1.807) is 13.2 Å². The quantitative estimate of drug-likeness (QED) is 0.781. The van der Waals surface area contributed by atoms with Crippen LogP contribution in [0.4, 0.5) is 0 Å². The lowest BCUT2D eigenvalue weighted by Gasteiger charge is -2.11. The SMILES string of the molecule is COC(=O)c1nn(C)cc1C1(CC(=O)O)CC1. The minimum atomic E-state index is -0.859. The molecular formula is C11H14N2O4. The third kappa shape index (κ3) is 2.02. The number of hydrogen-bond acceptors (Lipinski definition) is 4. The summed E-state index contributed by atoms with van der Waals surface area (Å²) in [5, 5.41) is 12.9. The van der Waals surface area contributed by atoms with Gasteiger partial charge in [-0.05, 0) is 12.8 Å². The van der Waals surface area contributed by atoms with E-state index in [9.17, 15) is 9.59 Å². The van der Waals surface area contributed by atoms with Gasteiger partial charge < -0.3 is 9.84 Å². The molecule has 0 radical (unpaired) electrons. The van der Waals surface area contributed by atoms with E-state index in [2.05, 4.69) is 9.84 Å². The minimum Gasteiger partial charge on any atom is -0.481 e. The first-order valence-electron chi connectivity index (χ1n) is 5.33. The molecular weight excluding hydrogens is 224 g/mol. The van der Waals surface area contributed by atoms with E-state index in [1.165, 1.54) is 11.8 Å². The highest BCUT2D eigenvalue weighted by molar-refractivity contribution is 5.89. The molecule has 1 aliphatic carbocycles. The van der Waals surface area contributed by atoms with Crippen molar-refractivity contribution >= 4 is 11.9 Å². The first-order chi connectivity index (χ1) is 7.98. The fourth-order valence-corrected chi connectivity index (χ4v) is 2.11. The van der Waals surface area contributed by atoms with E-state index in [0.29, 0.717) is 5.56 Å². The van der Waals surface area contributed by atoms with Gasteiger partial charge in [-0.2, -0.15) is 5.10 Å². The first kappa shape index (κ1) is 11.6. The van der Waals surface area contributed by atoms with Crippen LogP contribution in [0.2, 0.25) is 0 Å². The van der Waals surface area contributed by atoms with E-state index < -0.39 is 17.4 Å². The predicted molar refractivity (Wildman–Crippen MR) is 57.7 cm³/mol. The van der Waals surface area contributed by atoms with Crippen LogP contribution in [0.25, 0.3) is 0 Å². The zero-order valence-electron chi connectivity index (χ0n) is 9.77. The van der Waals surface area contributed by atoms with Gasteiger partial charge in [0, 0.05) is 24.2 Å². The summed E-state index contributed by atoms with van der Waals surface area (Å²) in [7, 11) is 2.99. The second-order valence-electron chi connectivity index (χ2n) is 4.41. The molecule has 0 aromatic carbocycles. The summed E-state index contributed by atoms with van der Waals surface area (Å²) in [4.78, 5) is 22.4. The molecule has 1 aromatic heterocycles. The van der Waals surface area contributed by atoms with E-state index in [1.807, 2.05) is 0 Å². The van der Waals surface area contributed by atoms with Crippen LogP contribution in [0.3, 0.4) is 0 Å². The maximum absolute atomic E-state index is 11.6. The van der Waals surface area contributed by atoms with Gasteiger partial charge in [-0.15, -0.1) is 0 Å². The molecule has 0 amide bonds. The van der Waals surface area contributed by atoms with Crippen molar-refractivity contribution in [3.05, 3.63) is 17.5 Å². The molecule has 1 aromatic rings. The van der Waals surface area contributed by atoms with E-state index >= 15 is 0 Å². The summed E-state index contributed by atoms with van der Waals surface area (Å²) in [6.45, 7) is 0. The number of hydrogen-bond donors (Lipinski definition) is 1. The zero-order valence-corrected chi connectivity index (χ0v) is 9.77. The van der Waals surface area contributed by atoms with E-state index in [4.69, 9.17) is 5.11 Å². The minimum absolute atomic E-state index is 0.0304. The molecule has 0 aliphatic heterocycles. The number of nitrogens with zero attached hydrogens (tertiary/aromatic N) is 2. The lowest BCUT2D eigenvalue weighted by Crippen LogP contribution is -2.16. The second kappa shape index (κ2) is 3.87. The summed E-state index contributed by atoms with van der Waals surface area (Å²) in [6, 6.07) is 0. The molecule has 0 saturated heterocycles. The Morgan fingerprint density at radius 1 is 1.59 bits per heavy atom. The van der Waals surface area contributed by atoms with Gasteiger partial charge in [-0.25, -0.2) is 4.79 Å². The molecule has 0 atom stereocenters. The molecule has 1 saturated carbocycles. The maximum Gasteiger partial charge on any atom is 0.358 e. The van der Waals surface area contributed by atoms with Gasteiger partial charge in [0.05, 0.1) is 13.5 Å². The molecule has 6 nitrogen and oxygen atoms in total. The number of ether oxygens (including phenoxy) is 1. The molecule has 0 bridgehead atoms. The van der Waals surface area contributed by atoms with Gasteiger partial charge in [-0.3, -0.25) is 9.48 Å². The van der Waals surface area contributed by atoms with Crippen LogP contribution < -0.4 is 0 Å². The number of aryl methyl sites for hydroxylation is 1. The normalized spacial score (nSPS) is 16.6. The molecule has 1 heterocycles. The Morgan fingerprint density at radius 2 is 2.24 bits per heavy atom. The van der Waals surface area contributed by atoms with Crippen molar-refractivity contribution in [2.24, 2.45) is 7.05 Å². The number of esters is 1.